The Morgan fingerprint density at radius 2 is 1.73 bits per heavy atom. The Balaban J connectivity index is 2.47. The second kappa shape index (κ2) is 6.29. The highest BCUT2D eigenvalue weighted by atomic mass is 79.9. The first-order valence-electron chi connectivity index (χ1n) is 5.41. The molecule has 0 fully saturated rings. The van der Waals surface area contributed by atoms with Crippen LogP contribution in [0.25, 0.3) is 0 Å². The molecule has 0 spiro atoms. The van der Waals surface area contributed by atoms with Crippen LogP contribution in [0.5, 0.6) is 0 Å². The van der Waals surface area contributed by atoms with Crippen molar-refractivity contribution in [3.63, 3.8) is 0 Å². The van der Waals surface area contributed by atoms with Crippen molar-refractivity contribution in [1.29, 1.82) is 0 Å². The van der Waals surface area contributed by atoms with E-state index in [1.165, 1.54) is 5.56 Å². The fourth-order valence-corrected chi connectivity index (χ4v) is 2.39. The lowest BCUT2D eigenvalue weighted by Gasteiger charge is -2.24. The minimum Gasteiger partial charge on any atom is -0.372 e. The Labute approximate surface area is 101 Å². The maximum Gasteiger partial charge on any atom is 0.0724 e. The lowest BCUT2D eigenvalue weighted by Crippen LogP contribution is -2.27. The highest BCUT2D eigenvalue weighted by molar-refractivity contribution is 9.09. The van der Waals surface area contributed by atoms with Gasteiger partial charge in [-0.2, -0.15) is 0 Å². The van der Waals surface area contributed by atoms with E-state index in [1.54, 1.807) is 0 Å². The second-order valence-electron chi connectivity index (χ2n) is 4.18. The molecule has 2 atom stereocenters. The third kappa shape index (κ3) is 4.35. The molecule has 0 saturated carbocycles. The molecule has 2 heteroatoms. The first-order chi connectivity index (χ1) is 7.11. The summed E-state index contributed by atoms with van der Waals surface area (Å²) < 4.78 is 5.90. The Morgan fingerprint density at radius 3 is 2.20 bits per heavy atom. The molecule has 15 heavy (non-hydrogen) atoms. The topological polar surface area (TPSA) is 9.23 Å². The molecule has 0 amide bonds. The summed E-state index contributed by atoms with van der Waals surface area (Å²) in [5.41, 5.74) is 1.23. The summed E-state index contributed by atoms with van der Waals surface area (Å²) in [4.78, 5) is 0.390. The number of alkyl halides is 1. The molecule has 1 nitrogen and oxygen atoms in total. The number of rotatable bonds is 5. The minimum absolute atomic E-state index is 0.269. The summed E-state index contributed by atoms with van der Waals surface area (Å²) in [6.07, 6.45) is 0.269. The largest absolute Gasteiger partial charge is 0.372 e. The zero-order chi connectivity index (χ0) is 11.3. The van der Waals surface area contributed by atoms with E-state index in [2.05, 4.69) is 48.8 Å². The predicted octanol–water partition coefficient (Wildman–Crippen LogP) is 4.01. The van der Waals surface area contributed by atoms with E-state index >= 15 is 0 Å². The molecule has 0 N–H and O–H groups in total. The van der Waals surface area contributed by atoms with E-state index in [-0.39, 0.29) is 6.10 Å². The van der Waals surface area contributed by atoms with Crippen molar-refractivity contribution in [2.24, 2.45) is 5.92 Å². The molecule has 0 saturated heterocycles. The van der Waals surface area contributed by atoms with Crippen molar-refractivity contribution < 1.29 is 4.74 Å². The third-order valence-corrected chi connectivity index (χ3v) is 2.92. The fourth-order valence-electron chi connectivity index (χ4n) is 1.62. The zero-order valence-corrected chi connectivity index (χ0v) is 11.2. The molecule has 1 aromatic rings. The number of halogens is 1. The Hall–Kier alpha value is -0.340. The third-order valence-electron chi connectivity index (χ3n) is 2.40. The first kappa shape index (κ1) is 12.7. The molecule has 0 aromatic heterocycles. The monoisotopic (exact) mass is 270 g/mol. The normalized spacial score (nSPS) is 15.3. The van der Waals surface area contributed by atoms with Crippen molar-refractivity contribution in [3.05, 3.63) is 35.9 Å². The predicted molar refractivity (Wildman–Crippen MR) is 68.2 cm³/mol. The molecule has 84 valence electrons. The molecule has 1 rings (SSSR count). The SMILES string of the molecule is CC(C)C(OCc1ccccc1)C(C)Br. The molecular formula is C13H19BrO. The molecule has 0 aliphatic rings. The summed E-state index contributed by atoms with van der Waals surface area (Å²) in [6, 6.07) is 10.3. The van der Waals surface area contributed by atoms with E-state index in [9.17, 15) is 0 Å². The van der Waals surface area contributed by atoms with Crippen LogP contribution in [-0.2, 0) is 11.3 Å². The maximum atomic E-state index is 5.90. The van der Waals surface area contributed by atoms with Gasteiger partial charge in [0, 0.05) is 4.83 Å². The van der Waals surface area contributed by atoms with Gasteiger partial charge in [0.05, 0.1) is 12.7 Å². The molecule has 0 radical (unpaired) electrons. The summed E-state index contributed by atoms with van der Waals surface area (Å²) in [7, 11) is 0. The van der Waals surface area contributed by atoms with Crippen LogP contribution in [0.1, 0.15) is 26.3 Å². The molecular weight excluding hydrogens is 252 g/mol. The molecule has 0 aliphatic carbocycles. The van der Waals surface area contributed by atoms with Gasteiger partial charge in [-0.05, 0) is 11.5 Å². The van der Waals surface area contributed by atoms with Crippen LogP contribution in [0, 0.1) is 5.92 Å². The van der Waals surface area contributed by atoms with Gasteiger partial charge in [-0.1, -0.05) is 67.0 Å². The van der Waals surface area contributed by atoms with E-state index in [4.69, 9.17) is 4.74 Å². The van der Waals surface area contributed by atoms with Gasteiger partial charge in [-0.3, -0.25) is 0 Å². The van der Waals surface area contributed by atoms with Crippen LogP contribution in [0.4, 0.5) is 0 Å². The first-order valence-corrected chi connectivity index (χ1v) is 6.32. The van der Waals surface area contributed by atoms with Gasteiger partial charge in [0.2, 0.25) is 0 Å². The van der Waals surface area contributed by atoms with Gasteiger partial charge < -0.3 is 4.74 Å². The van der Waals surface area contributed by atoms with Gasteiger partial charge >= 0.3 is 0 Å². The van der Waals surface area contributed by atoms with Crippen LogP contribution in [0.3, 0.4) is 0 Å². The second-order valence-corrected chi connectivity index (χ2v) is 5.63. The van der Waals surface area contributed by atoms with Crippen LogP contribution in [0.2, 0.25) is 0 Å². The average Bonchev–Trinajstić information content (AvgIpc) is 2.18. The average molecular weight is 271 g/mol. The molecule has 1 aromatic carbocycles. The van der Waals surface area contributed by atoms with Gasteiger partial charge in [0.15, 0.2) is 0 Å². The van der Waals surface area contributed by atoms with Crippen LogP contribution < -0.4 is 0 Å². The number of hydrogen-bond donors (Lipinski definition) is 0. The smallest absolute Gasteiger partial charge is 0.0724 e. The highest BCUT2D eigenvalue weighted by Gasteiger charge is 2.19. The van der Waals surface area contributed by atoms with Crippen LogP contribution in [-0.4, -0.2) is 10.9 Å². The maximum absolute atomic E-state index is 5.90. The lowest BCUT2D eigenvalue weighted by atomic mass is 10.1. The standard InChI is InChI=1S/C13H19BrO/c1-10(2)13(11(3)14)15-9-12-7-5-4-6-8-12/h4-8,10-11,13H,9H2,1-3H3. The Morgan fingerprint density at radius 1 is 1.13 bits per heavy atom. The number of hydrogen-bond acceptors (Lipinski definition) is 1. The Bertz CT molecular complexity index is 261. The van der Waals surface area contributed by atoms with Gasteiger partial charge in [0.1, 0.15) is 0 Å². The molecule has 0 bridgehead atoms. The van der Waals surface area contributed by atoms with E-state index in [1.807, 2.05) is 18.2 Å². The lowest BCUT2D eigenvalue weighted by molar-refractivity contribution is 0.0133. The summed E-state index contributed by atoms with van der Waals surface area (Å²) in [6.45, 7) is 7.20. The quantitative estimate of drug-likeness (QED) is 0.735. The van der Waals surface area contributed by atoms with Crippen molar-refractivity contribution in [1.82, 2.24) is 0 Å². The van der Waals surface area contributed by atoms with E-state index in [0.29, 0.717) is 17.4 Å². The minimum atomic E-state index is 0.269. The van der Waals surface area contributed by atoms with Crippen LogP contribution >= 0.6 is 15.9 Å². The van der Waals surface area contributed by atoms with Gasteiger partial charge in [-0.15, -0.1) is 0 Å². The van der Waals surface area contributed by atoms with Crippen molar-refractivity contribution in [2.45, 2.75) is 38.3 Å². The zero-order valence-electron chi connectivity index (χ0n) is 9.61. The summed E-state index contributed by atoms with van der Waals surface area (Å²) in [5, 5.41) is 0. The summed E-state index contributed by atoms with van der Waals surface area (Å²) in [5.74, 6) is 0.531. The van der Waals surface area contributed by atoms with Crippen LogP contribution in [0.15, 0.2) is 30.3 Å². The number of benzene rings is 1. The Kier molecular flexibility index (Phi) is 5.34. The van der Waals surface area contributed by atoms with Gasteiger partial charge in [-0.25, -0.2) is 0 Å². The van der Waals surface area contributed by atoms with Crippen molar-refractivity contribution >= 4 is 15.9 Å². The molecule has 2 unspecified atom stereocenters. The molecule has 0 heterocycles. The fraction of sp³-hybridized carbons (Fsp3) is 0.538. The van der Waals surface area contributed by atoms with Crippen molar-refractivity contribution in [3.8, 4) is 0 Å². The van der Waals surface area contributed by atoms with Crippen molar-refractivity contribution in [2.75, 3.05) is 0 Å². The highest BCUT2D eigenvalue weighted by Crippen LogP contribution is 2.18. The summed E-state index contributed by atoms with van der Waals surface area (Å²) >= 11 is 3.59. The van der Waals surface area contributed by atoms with E-state index in [0.717, 1.165) is 0 Å². The van der Waals surface area contributed by atoms with Gasteiger partial charge in [0.25, 0.3) is 0 Å². The number of ether oxygens (including phenoxy) is 1. The van der Waals surface area contributed by atoms with E-state index < -0.39 is 0 Å². The molecule has 0 aliphatic heterocycles.